The van der Waals surface area contributed by atoms with Gasteiger partial charge in [-0.3, -0.25) is 0 Å². The highest BCUT2D eigenvalue weighted by Crippen LogP contribution is 2.29. The molecule has 108 valence electrons. The molecule has 1 rings (SSSR count). The molecule has 0 aliphatic carbocycles. The molecule has 19 heavy (non-hydrogen) atoms. The Labute approximate surface area is 114 Å². The largest absolute Gasteiger partial charge is 0.390 e. The van der Waals surface area contributed by atoms with Gasteiger partial charge in [0.25, 0.3) is 0 Å². The van der Waals surface area contributed by atoms with E-state index in [2.05, 4.69) is 0 Å². The highest BCUT2D eigenvalue weighted by Gasteiger charge is 2.29. The van der Waals surface area contributed by atoms with Gasteiger partial charge in [0, 0.05) is 23.4 Å². The molecule has 0 spiro atoms. The smallest absolute Gasteiger partial charge is 0.389 e. The molecule has 1 unspecified atom stereocenters. The van der Waals surface area contributed by atoms with Gasteiger partial charge in [-0.2, -0.15) is 13.2 Å². The highest BCUT2D eigenvalue weighted by molar-refractivity contribution is 6.31. The van der Waals surface area contributed by atoms with Gasteiger partial charge in [-0.1, -0.05) is 17.7 Å². The van der Waals surface area contributed by atoms with Crippen LogP contribution in [0, 0.1) is 5.82 Å². The molecule has 0 heterocycles. The van der Waals surface area contributed by atoms with Crippen molar-refractivity contribution in [3.8, 4) is 0 Å². The third kappa shape index (κ3) is 5.78. The van der Waals surface area contributed by atoms with Gasteiger partial charge in [0.1, 0.15) is 5.82 Å². The van der Waals surface area contributed by atoms with Crippen LogP contribution in [-0.2, 0) is 6.42 Å². The maximum Gasteiger partial charge on any atom is 0.389 e. The Morgan fingerprint density at radius 1 is 1.21 bits per heavy atom. The predicted molar refractivity (Wildman–Crippen MR) is 65.6 cm³/mol. The third-order valence-electron chi connectivity index (χ3n) is 2.79. The molecule has 0 amide bonds. The van der Waals surface area contributed by atoms with E-state index in [9.17, 15) is 22.7 Å². The van der Waals surface area contributed by atoms with Crippen LogP contribution in [0.25, 0.3) is 0 Å². The van der Waals surface area contributed by atoms with Crippen LogP contribution in [0.1, 0.15) is 31.7 Å². The van der Waals surface area contributed by atoms with E-state index in [1.165, 1.54) is 25.1 Å². The summed E-state index contributed by atoms with van der Waals surface area (Å²) in [7, 11) is 0. The minimum atomic E-state index is -4.24. The summed E-state index contributed by atoms with van der Waals surface area (Å²) in [5.41, 5.74) is -1.29. The number of halogens is 5. The molecule has 0 bridgehead atoms. The van der Waals surface area contributed by atoms with Crippen molar-refractivity contribution in [1.82, 2.24) is 0 Å². The van der Waals surface area contributed by atoms with Crippen molar-refractivity contribution < 1.29 is 22.7 Å². The van der Waals surface area contributed by atoms with Crippen LogP contribution in [0.2, 0.25) is 5.02 Å². The maximum absolute atomic E-state index is 13.5. The lowest BCUT2D eigenvalue weighted by atomic mass is 9.91. The van der Waals surface area contributed by atoms with Gasteiger partial charge in [0.15, 0.2) is 0 Å². The van der Waals surface area contributed by atoms with Crippen molar-refractivity contribution >= 4 is 11.6 Å². The van der Waals surface area contributed by atoms with Crippen molar-refractivity contribution in [1.29, 1.82) is 0 Å². The fraction of sp³-hybridized carbons (Fsp3) is 0.538. The molecule has 1 aromatic rings. The lowest BCUT2D eigenvalue weighted by Gasteiger charge is -2.24. The molecule has 0 aromatic heterocycles. The zero-order valence-corrected chi connectivity index (χ0v) is 11.2. The van der Waals surface area contributed by atoms with Crippen LogP contribution in [0.5, 0.6) is 0 Å². The Balaban J connectivity index is 2.64. The van der Waals surface area contributed by atoms with Gasteiger partial charge in [-0.15, -0.1) is 0 Å². The SMILES string of the molecule is CC(O)(CCCC(F)(F)F)Cc1c(F)cccc1Cl. The normalized spacial score (nSPS) is 15.3. The topological polar surface area (TPSA) is 20.2 Å². The van der Waals surface area contributed by atoms with E-state index in [0.717, 1.165) is 0 Å². The third-order valence-corrected chi connectivity index (χ3v) is 3.15. The first kappa shape index (κ1) is 16.2. The second-order valence-corrected chi connectivity index (χ2v) is 5.25. The van der Waals surface area contributed by atoms with E-state index in [0.29, 0.717) is 0 Å². The fourth-order valence-electron chi connectivity index (χ4n) is 1.84. The minimum absolute atomic E-state index is 0.0722. The van der Waals surface area contributed by atoms with Crippen LogP contribution in [-0.4, -0.2) is 16.9 Å². The summed E-state index contributed by atoms with van der Waals surface area (Å²) >= 11 is 5.81. The van der Waals surface area contributed by atoms with Crippen molar-refractivity contribution in [3.63, 3.8) is 0 Å². The van der Waals surface area contributed by atoms with E-state index >= 15 is 0 Å². The second kappa shape index (κ2) is 6.09. The zero-order valence-electron chi connectivity index (χ0n) is 10.4. The molecular weight excluding hydrogens is 284 g/mol. The summed E-state index contributed by atoms with van der Waals surface area (Å²) in [6.45, 7) is 1.38. The van der Waals surface area contributed by atoms with Crippen molar-refractivity contribution in [2.24, 2.45) is 0 Å². The van der Waals surface area contributed by atoms with Crippen molar-refractivity contribution in [3.05, 3.63) is 34.6 Å². The summed E-state index contributed by atoms with van der Waals surface area (Å²) in [6.07, 6.45) is -5.60. The van der Waals surface area contributed by atoms with Crippen LogP contribution >= 0.6 is 11.6 Å². The lowest BCUT2D eigenvalue weighted by molar-refractivity contribution is -0.137. The number of hydrogen-bond acceptors (Lipinski definition) is 1. The summed E-state index contributed by atoms with van der Waals surface area (Å²) in [5.74, 6) is -0.566. The van der Waals surface area contributed by atoms with E-state index in [4.69, 9.17) is 11.6 Å². The molecule has 1 nitrogen and oxygen atoms in total. The lowest BCUT2D eigenvalue weighted by Crippen LogP contribution is -2.28. The monoisotopic (exact) mass is 298 g/mol. The van der Waals surface area contributed by atoms with Gasteiger partial charge >= 0.3 is 6.18 Å². The number of aliphatic hydroxyl groups is 1. The van der Waals surface area contributed by atoms with Gasteiger partial charge < -0.3 is 5.11 Å². The average molecular weight is 299 g/mol. The van der Waals surface area contributed by atoms with Gasteiger partial charge in [0.05, 0.1) is 5.60 Å². The average Bonchev–Trinajstić information content (AvgIpc) is 2.21. The zero-order chi connectivity index (χ0) is 14.7. The van der Waals surface area contributed by atoms with E-state index in [1.807, 2.05) is 0 Å². The van der Waals surface area contributed by atoms with Gasteiger partial charge in [0.2, 0.25) is 0 Å². The molecule has 0 aliphatic rings. The summed E-state index contributed by atoms with van der Waals surface area (Å²) in [4.78, 5) is 0. The molecule has 0 radical (unpaired) electrons. The number of alkyl halides is 3. The van der Waals surface area contributed by atoms with Crippen LogP contribution in [0.15, 0.2) is 18.2 Å². The van der Waals surface area contributed by atoms with Crippen LogP contribution in [0.4, 0.5) is 17.6 Å². The first-order valence-corrected chi connectivity index (χ1v) is 6.20. The molecule has 1 aromatic carbocycles. The second-order valence-electron chi connectivity index (χ2n) is 4.84. The summed E-state index contributed by atoms with van der Waals surface area (Å²) in [5, 5.41) is 10.2. The predicted octanol–water partition coefficient (Wildman–Crippen LogP) is 4.51. The highest BCUT2D eigenvalue weighted by atomic mass is 35.5. The Hall–Kier alpha value is -0.810. The molecule has 0 fully saturated rings. The number of benzene rings is 1. The van der Waals surface area contributed by atoms with Crippen LogP contribution in [0.3, 0.4) is 0 Å². The molecule has 0 saturated heterocycles. The van der Waals surface area contributed by atoms with Crippen molar-refractivity contribution in [2.45, 2.75) is 44.4 Å². The number of hydrogen-bond donors (Lipinski definition) is 1. The quantitative estimate of drug-likeness (QED) is 0.793. The fourth-order valence-corrected chi connectivity index (χ4v) is 2.07. The standard InChI is InChI=1S/C13H15ClF4O/c1-12(19,6-3-7-13(16,17)18)8-9-10(14)4-2-5-11(9)15/h2,4-5,19H,3,6-8H2,1H3. The minimum Gasteiger partial charge on any atom is -0.390 e. The van der Waals surface area contributed by atoms with Gasteiger partial charge in [-0.25, -0.2) is 4.39 Å². The first-order chi connectivity index (χ1) is 8.61. The summed E-state index contributed by atoms with van der Waals surface area (Å²) in [6, 6.07) is 4.11. The summed E-state index contributed by atoms with van der Waals surface area (Å²) < 4.78 is 49.6. The van der Waals surface area contributed by atoms with E-state index in [-0.39, 0.29) is 29.8 Å². The Kier molecular flexibility index (Phi) is 5.21. The molecule has 6 heteroatoms. The molecule has 1 atom stereocenters. The molecule has 1 N–H and O–H groups in total. The Morgan fingerprint density at radius 2 is 1.84 bits per heavy atom. The molecule has 0 aliphatic heterocycles. The van der Waals surface area contributed by atoms with E-state index < -0.39 is 24.0 Å². The Bertz CT molecular complexity index is 409. The van der Waals surface area contributed by atoms with Crippen molar-refractivity contribution in [2.75, 3.05) is 0 Å². The maximum atomic E-state index is 13.5. The van der Waals surface area contributed by atoms with Gasteiger partial charge in [-0.05, 0) is 31.9 Å². The number of rotatable bonds is 5. The molecular formula is C13H15ClF4O. The first-order valence-electron chi connectivity index (χ1n) is 5.83. The molecule has 0 saturated carbocycles. The van der Waals surface area contributed by atoms with E-state index in [1.54, 1.807) is 0 Å². The Morgan fingerprint density at radius 3 is 2.37 bits per heavy atom. The van der Waals surface area contributed by atoms with Crippen LogP contribution < -0.4 is 0 Å².